The second-order valence-electron chi connectivity index (χ2n) is 4.50. The molecule has 16 heavy (non-hydrogen) atoms. The number of hydrogen-bond donors (Lipinski definition) is 1. The molecule has 1 unspecified atom stereocenters. The van der Waals surface area contributed by atoms with Gasteiger partial charge in [-0.05, 0) is 19.8 Å². The smallest absolute Gasteiger partial charge is 0.239 e. The molecule has 0 radical (unpaired) electrons. The molecular weight excluding hydrogens is 206 g/mol. The van der Waals surface area contributed by atoms with Crippen LogP contribution in [0, 0.1) is 0 Å². The zero-order valence-corrected chi connectivity index (χ0v) is 10.3. The molecule has 0 aromatic rings. The minimum Gasteiger partial charge on any atom is -0.341 e. The fourth-order valence-electron chi connectivity index (χ4n) is 2.02. The van der Waals surface area contributed by atoms with Gasteiger partial charge < -0.3 is 15.5 Å². The molecule has 0 spiro atoms. The van der Waals surface area contributed by atoms with Gasteiger partial charge in [-0.25, -0.2) is 0 Å². The zero-order valence-electron chi connectivity index (χ0n) is 10.3. The molecule has 1 fully saturated rings. The summed E-state index contributed by atoms with van der Waals surface area (Å²) < 4.78 is 0. The van der Waals surface area contributed by atoms with E-state index in [-0.39, 0.29) is 17.9 Å². The highest BCUT2D eigenvalue weighted by atomic mass is 16.2. The van der Waals surface area contributed by atoms with Crippen molar-refractivity contribution in [3.63, 3.8) is 0 Å². The molecule has 1 saturated heterocycles. The number of carbonyl (C=O) groups is 2. The Morgan fingerprint density at radius 2 is 2.12 bits per heavy atom. The molecule has 0 aromatic heterocycles. The monoisotopic (exact) mass is 227 g/mol. The van der Waals surface area contributed by atoms with Gasteiger partial charge in [0, 0.05) is 33.1 Å². The van der Waals surface area contributed by atoms with Crippen LogP contribution in [0.4, 0.5) is 0 Å². The first-order valence-corrected chi connectivity index (χ1v) is 5.71. The Bertz CT molecular complexity index is 278. The molecule has 2 atom stereocenters. The van der Waals surface area contributed by atoms with Crippen molar-refractivity contribution in [3.8, 4) is 0 Å². The zero-order chi connectivity index (χ0) is 12.3. The predicted molar refractivity (Wildman–Crippen MR) is 61.7 cm³/mol. The third kappa shape index (κ3) is 2.95. The molecule has 2 amide bonds. The van der Waals surface area contributed by atoms with E-state index in [0.29, 0.717) is 6.54 Å². The maximum atomic E-state index is 11.7. The van der Waals surface area contributed by atoms with Gasteiger partial charge in [-0.15, -0.1) is 0 Å². The van der Waals surface area contributed by atoms with Crippen molar-refractivity contribution in [2.75, 3.05) is 20.1 Å². The molecular formula is C11H21N3O2. The van der Waals surface area contributed by atoms with E-state index in [2.05, 4.69) is 0 Å². The van der Waals surface area contributed by atoms with Crippen molar-refractivity contribution in [3.05, 3.63) is 0 Å². The summed E-state index contributed by atoms with van der Waals surface area (Å²) in [5, 5.41) is 0. The maximum Gasteiger partial charge on any atom is 0.239 e. The lowest BCUT2D eigenvalue weighted by Crippen LogP contribution is -2.52. The van der Waals surface area contributed by atoms with Crippen molar-refractivity contribution in [1.29, 1.82) is 0 Å². The number of carbonyl (C=O) groups excluding carboxylic acids is 2. The van der Waals surface area contributed by atoms with E-state index >= 15 is 0 Å². The molecule has 1 heterocycles. The van der Waals surface area contributed by atoms with Crippen molar-refractivity contribution in [2.24, 2.45) is 5.73 Å². The van der Waals surface area contributed by atoms with Gasteiger partial charge in [0.05, 0.1) is 6.04 Å². The number of hydrogen-bond acceptors (Lipinski definition) is 3. The topological polar surface area (TPSA) is 66.6 Å². The second kappa shape index (κ2) is 5.30. The first-order valence-electron chi connectivity index (χ1n) is 5.71. The van der Waals surface area contributed by atoms with Gasteiger partial charge in [0.25, 0.3) is 0 Å². The van der Waals surface area contributed by atoms with Crippen LogP contribution < -0.4 is 5.73 Å². The van der Waals surface area contributed by atoms with E-state index in [1.54, 1.807) is 30.7 Å². The second-order valence-corrected chi connectivity index (χ2v) is 4.50. The van der Waals surface area contributed by atoms with Crippen LogP contribution in [-0.4, -0.2) is 53.8 Å². The SMILES string of the molecule is CC(=O)N(C)C1CCCN(C(=O)[C@H](C)N)C1. The van der Waals surface area contributed by atoms with Crippen LogP contribution in [0.2, 0.25) is 0 Å². The summed E-state index contributed by atoms with van der Waals surface area (Å²) in [4.78, 5) is 26.5. The fourth-order valence-corrected chi connectivity index (χ4v) is 2.02. The summed E-state index contributed by atoms with van der Waals surface area (Å²) >= 11 is 0. The van der Waals surface area contributed by atoms with Gasteiger partial charge in [-0.2, -0.15) is 0 Å². The van der Waals surface area contributed by atoms with Gasteiger partial charge in [0.1, 0.15) is 0 Å². The van der Waals surface area contributed by atoms with Gasteiger partial charge in [0.2, 0.25) is 11.8 Å². The summed E-state index contributed by atoms with van der Waals surface area (Å²) in [6, 6.07) is -0.324. The lowest BCUT2D eigenvalue weighted by molar-refractivity contribution is -0.138. The highest BCUT2D eigenvalue weighted by Crippen LogP contribution is 2.15. The van der Waals surface area contributed by atoms with Crippen LogP contribution in [0.1, 0.15) is 26.7 Å². The Labute approximate surface area is 96.6 Å². The van der Waals surface area contributed by atoms with E-state index in [4.69, 9.17) is 5.73 Å². The molecule has 0 saturated carbocycles. The summed E-state index contributed by atoms with van der Waals surface area (Å²) in [7, 11) is 1.78. The Morgan fingerprint density at radius 3 is 2.62 bits per heavy atom. The quantitative estimate of drug-likeness (QED) is 0.710. The molecule has 0 aromatic carbocycles. The van der Waals surface area contributed by atoms with Crippen molar-refractivity contribution in [2.45, 2.75) is 38.8 Å². The van der Waals surface area contributed by atoms with Crippen LogP contribution in [-0.2, 0) is 9.59 Å². The number of piperidine rings is 1. The Hall–Kier alpha value is -1.10. The number of nitrogens with zero attached hydrogens (tertiary/aromatic N) is 2. The van der Waals surface area contributed by atoms with Gasteiger partial charge in [0.15, 0.2) is 0 Å². The van der Waals surface area contributed by atoms with Crippen LogP contribution in [0.25, 0.3) is 0 Å². The maximum absolute atomic E-state index is 11.7. The lowest BCUT2D eigenvalue weighted by Gasteiger charge is -2.37. The molecule has 92 valence electrons. The summed E-state index contributed by atoms with van der Waals surface area (Å²) in [5.74, 6) is 0.0155. The Kier molecular flexibility index (Phi) is 4.29. The first kappa shape index (κ1) is 13.0. The van der Waals surface area contributed by atoms with Gasteiger partial charge in [-0.3, -0.25) is 9.59 Å². The third-order valence-electron chi connectivity index (χ3n) is 3.14. The lowest BCUT2D eigenvalue weighted by atomic mass is 10.0. The number of rotatable bonds is 2. The highest BCUT2D eigenvalue weighted by Gasteiger charge is 2.28. The van der Waals surface area contributed by atoms with E-state index in [1.807, 2.05) is 0 Å². The van der Waals surface area contributed by atoms with Crippen LogP contribution >= 0.6 is 0 Å². The standard InChI is InChI=1S/C11H21N3O2/c1-8(12)11(16)14-6-4-5-10(7-14)13(3)9(2)15/h8,10H,4-7,12H2,1-3H3/t8-,10?/m0/s1. The highest BCUT2D eigenvalue weighted by molar-refractivity contribution is 5.81. The summed E-state index contributed by atoms with van der Waals surface area (Å²) in [6.07, 6.45) is 1.89. The van der Waals surface area contributed by atoms with E-state index in [0.717, 1.165) is 19.4 Å². The molecule has 0 aliphatic carbocycles. The van der Waals surface area contributed by atoms with Gasteiger partial charge in [-0.1, -0.05) is 0 Å². The molecule has 1 aliphatic rings. The van der Waals surface area contributed by atoms with Crippen molar-refractivity contribution < 1.29 is 9.59 Å². The number of likely N-dealkylation sites (tertiary alicyclic amines) is 1. The van der Waals surface area contributed by atoms with E-state index in [9.17, 15) is 9.59 Å². The number of amides is 2. The summed E-state index contributed by atoms with van der Waals surface area (Å²) in [5.41, 5.74) is 5.58. The molecule has 0 bridgehead atoms. The van der Waals surface area contributed by atoms with Crippen LogP contribution in [0.15, 0.2) is 0 Å². The minimum atomic E-state index is -0.457. The summed E-state index contributed by atoms with van der Waals surface area (Å²) in [6.45, 7) is 4.60. The molecule has 1 rings (SSSR count). The van der Waals surface area contributed by atoms with Gasteiger partial charge >= 0.3 is 0 Å². The average molecular weight is 227 g/mol. The molecule has 2 N–H and O–H groups in total. The molecule has 5 nitrogen and oxygen atoms in total. The third-order valence-corrected chi connectivity index (χ3v) is 3.14. The van der Waals surface area contributed by atoms with Crippen LogP contribution in [0.5, 0.6) is 0 Å². The van der Waals surface area contributed by atoms with Crippen molar-refractivity contribution in [1.82, 2.24) is 9.80 Å². The predicted octanol–water partition coefficient (Wildman–Crippen LogP) is -0.197. The first-order chi connectivity index (χ1) is 7.43. The Morgan fingerprint density at radius 1 is 1.50 bits per heavy atom. The van der Waals surface area contributed by atoms with Crippen molar-refractivity contribution >= 4 is 11.8 Å². The molecule has 1 aliphatic heterocycles. The number of nitrogens with two attached hydrogens (primary N) is 1. The number of likely N-dealkylation sites (N-methyl/N-ethyl adjacent to an activating group) is 1. The van der Waals surface area contributed by atoms with Crippen LogP contribution in [0.3, 0.4) is 0 Å². The largest absolute Gasteiger partial charge is 0.341 e. The average Bonchev–Trinajstić information content (AvgIpc) is 2.26. The fraction of sp³-hybridized carbons (Fsp3) is 0.818. The normalized spacial score (nSPS) is 22.8. The minimum absolute atomic E-state index is 0.0262. The Balaban J connectivity index is 2.60. The van der Waals surface area contributed by atoms with E-state index < -0.39 is 6.04 Å². The molecule has 5 heteroatoms. The van der Waals surface area contributed by atoms with E-state index in [1.165, 1.54) is 0 Å².